The molecule has 9 heteroatoms. The van der Waals surface area contributed by atoms with Gasteiger partial charge in [-0.1, -0.05) is 284 Å². The number of hydrogen-bond donors (Lipinski definition) is 2. The molecule has 2 atom stereocenters. The first-order chi connectivity index (χ1) is 30.9. The zero-order valence-corrected chi connectivity index (χ0v) is 43.2. The summed E-state index contributed by atoms with van der Waals surface area (Å²) >= 11 is 0. The third-order valence-corrected chi connectivity index (χ3v) is 13.8. The van der Waals surface area contributed by atoms with Gasteiger partial charge in [-0.25, -0.2) is 4.57 Å². The number of carbonyl (C=O) groups is 1. The van der Waals surface area contributed by atoms with E-state index in [1.54, 1.807) is 0 Å². The summed E-state index contributed by atoms with van der Waals surface area (Å²) in [5, 5.41) is 0. The Morgan fingerprint density at radius 1 is 0.413 bits per heavy atom. The van der Waals surface area contributed by atoms with Crippen molar-refractivity contribution in [1.29, 1.82) is 0 Å². The number of phosphoric acid groups is 1. The molecule has 0 spiro atoms. The zero-order chi connectivity index (χ0) is 45.8. The van der Waals surface area contributed by atoms with Gasteiger partial charge in [0, 0.05) is 19.6 Å². The molecule has 0 rings (SSSR count). The highest BCUT2D eigenvalue weighted by Gasteiger charge is 2.25. The minimum absolute atomic E-state index is 0.0895. The SMILES string of the molecule is CCCCCCCCCCCCCCCCCCCCCCCCCCC(=O)O[C@H](COCCCCCCCCCCCCCCCCCCCCCC)COP(=O)(O)OCCN. The fraction of sp³-hybridized carbons (Fsp3) is 0.981. The van der Waals surface area contributed by atoms with Crippen LogP contribution in [0.15, 0.2) is 0 Å². The van der Waals surface area contributed by atoms with Gasteiger partial charge in [-0.15, -0.1) is 0 Å². The summed E-state index contributed by atoms with van der Waals surface area (Å²) in [6.45, 7) is 5.02. The molecular weight excluding hydrogens is 806 g/mol. The Morgan fingerprint density at radius 2 is 0.698 bits per heavy atom. The highest BCUT2D eigenvalue weighted by atomic mass is 31.2. The molecule has 0 saturated carbocycles. The molecule has 63 heavy (non-hydrogen) atoms. The Kier molecular flexibility index (Phi) is 52.1. The minimum atomic E-state index is -4.28. The van der Waals surface area contributed by atoms with E-state index in [1.165, 1.54) is 250 Å². The van der Waals surface area contributed by atoms with Crippen LogP contribution in [0, 0.1) is 0 Å². The summed E-state index contributed by atoms with van der Waals surface area (Å²) in [4.78, 5) is 22.6. The van der Waals surface area contributed by atoms with Crippen LogP contribution in [0.1, 0.15) is 303 Å². The monoisotopic (exact) mass is 916 g/mol. The summed E-state index contributed by atoms with van der Waals surface area (Å²) < 4.78 is 33.7. The molecule has 0 aliphatic carbocycles. The second kappa shape index (κ2) is 52.5. The topological polar surface area (TPSA) is 117 Å². The molecule has 0 aromatic carbocycles. The number of rotatable bonds is 55. The lowest BCUT2D eigenvalue weighted by atomic mass is 10.0. The molecule has 0 saturated heterocycles. The fourth-order valence-electron chi connectivity index (χ4n) is 8.65. The van der Waals surface area contributed by atoms with Gasteiger partial charge in [0.25, 0.3) is 0 Å². The van der Waals surface area contributed by atoms with Gasteiger partial charge < -0.3 is 20.1 Å². The lowest BCUT2D eigenvalue weighted by Gasteiger charge is -2.20. The molecule has 0 aromatic heterocycles. The Hall–Kier alpha value is -0.500. The Labute approximate surface area is 392 Å². The van der Waals surface area contributed by atoms with Crippen LogP contribution in [-0.4, -0.2) is 49.9 Å². The molecule has 8 nitrogen and oxygen atoms in total. The van der Waals surface area contributed by atoms with E-state index >= 15 is 0 Å². The van der Waals surface area contributed by atoms with Crippen LogP contribution in [0.25, 0.3) is 0 Å². The van der Waals surface area contributed by atoms with E-state index in [4.69, 9.17) is 24.3 Å². The molecule has 0 bridgehead atoms. The average molecular weight is 916 g/mol. The fourth-order valence-corrected chi connectivity index (χ4v) is 9.41. The van der Waals surface area contributed by atoms with Crippen molar-refractivity contribution in [2.75, 3.05) is 33.0 Å². The highest BCUT2D eigenvalue weighted by Crippen LogP contribution is 2.43. The van der Waals surface area contributed by atoms with E-state index < -0.39 is 13.9 Å². The van der Waals surface area contributed by atoms with Crippen molar-refractivity contribution >= 4 is 13.8 Å². The van der Waals surface area contributed by atoms with E-state index in [-0.39, 0.29) is 32.3 Å². The van der Waals surface area contributed by atoms with Crippen LogP contribution in [0.2, 0.25) is 0 Å². The summed E-state index contributed by atoms with van der Waals surface area (Å²) in [6.07, 6.45) is 58.7. The van der Waals surface area contributed by atoms with Crippen LogP contribution in [-0.2, 0) is 27.9 Å². The molecule has 0 aliphatic rings. The van der Waals surface area contributed by atoms with Crippen molar-refractivity contribution in [3.63, 3.8) is 0 Å². The first-order valence-electron chi connectivity index (χ1n) is 28.0. The zero-order valence-electron chi connectivity index (χ0n) is 42.4. The van der Waals surface area contributed by atoms with Gasteiger partial charge in [-0.3, -0.25) is 13.8 Å². The average Bonchev–Trinajstić information content (AvgIpc) is 3.28. The highest BCUT2D eigenvalue weighted by molar-refractivity contribution is 7.47. The minimum Gasteiger partial charge on any atom is -0.457 e. The smallest absolute Gasteiger partial charge is 0.457 e. The normalized spacial score (nSPS) is 13.1. The molecule has 0 aromatic rings. The van der Waals surface area contributed by atoms with Crippen molar-refractivity contribution in [1.82, 2.24) is 0 Å². The number of ether oxygens (including phenoxy) is 2. The van der Waals surface area contributed by atoms with Gasteiger partial charge in [-0.2, -0.15) is 0 Å². The summed E-state index contributed by atoms with van der Waals surface area (Å²) in [6, 6.07) is 0. The Bertz CT molecular complexity index is 940. The lowest BCUT2D eigenvalue weighted by Crippen LogP contribution is -2.28. The molecule has 0 radical (unpaired) electrons. The lowest BCUT2D eigenvalue weighted by molar-refractivity contribution is -0.154. The van der Waals surface area contributed by atoms with E-state index in [1.807, 2.05) is 0 Å². The predicted octanol–water partition coefficient (Wildman–Crippen LogP) is 17.6. The van der Waals surface area contributed by atoms with Crippen LogP contribution >= 0.6 is 7.82 Å². The van der Waals surface area contributed by atoms with Crippen molar-refractivity contribution < 1.29 is 32.8 Å². The number of hydrogen-bond acceptors (Lipinski definition) is 7. The Balaban J connectivity index is 3.83. The maximum atomic E-state index is 12.7. The van der Waals surface area contributed by atoms with E-state index in [9.17, 15) is 14.3 Å². The summed E-state index contributed by atoms with van der Waals surface area (Å²) in [5.41, 5.74) is 5.40. The maximum absolute atomic E-state index is 12.7. The van der Waals surface area contributed by atoms with Gasteiger partial charge >= 0.3 is 13.8 Å². The van der Waals surface area contributed by atoms with Crippen LogP contribution in [0.5, 0.6) is 0 Å². The van der Waals surface area contributed by atoms with Gasteiger partial charge in [0.15, 0.2) is 0 Å². The van der Waals surface area contributed by atoms with Crippen LogP contribution < -0.4 is 5.73 Å². The largest absolute Gasteiger partial charge is 0.472 e. The number of esters is 1. The summed E-state index contributed by atoms with van der Waals surface area (Å²) in [7, 11) is -4.28. The first kappa shape index (κ1) is 62.5. The van der Waals surface area contributed by atoms with E-state index in [0.717, 1.165) is 32.1 Å². The number of unbranched alkanes of at least 4 members (excludes halogenated alkanes) is 42. The van der Waals surface area contributed by atoms with Crippen molar-refractivity contribution in [3.8, 4) is 0 Å². The Morgan fingerprint density at radius 3 is 1.00 bits per heavy atom. The van der Waals surface area contributed by atoms with Crippen LogP contribution in [0.4, 0.5) is 0 Å². The number of carbonyl (C=O) groups excluding carboxylic acids is 1. The predicted molar refractivity (Wildman–Crippen MR) is 271 cm³/mol. The molecule has 3 N–H and O–H groups in total. The second-order valence-corrected chi connectivity index (χ2v) is 20.6. The van der Waals surface area contributed by atoms with Crippen LogP contribution in [0.3, 0.4) is 0 Å². The standard InChI is InChI=1S/C54H110NO7P/c1-3-5-7-9-11-13-15-17-19-21-23-25-26-27-28-29-31-33-35-37-39-41-43-45-47-54(56)62-53(52-61-63(57,58)60-50-48-55)51-59-49-46-44-42-40-38-36-34-32-30-24-22-20-18-16-14-12-10-8-6-4-2/h53H,3-52,55H2,1-2H3,(H,57,58)/t53-/m1/s1. The first-order valence-corrected chi connectivity index (χ1v) is 29.5. The van der Waals surface area contributed by atoms with Gasteiger partial charge in [0.1, 0.15) is 6.10 Å². The molecule has 0 fully saturated rings. The second-order valence-electron chi connectivity index (χ2n) is 19.2. The van der Waals surface area contributed by atoms with Gasteiger partial charge in [0.05, 0.1) is 19.8 Å². The molecule has 0 heterocycles. The molecule has 0 amide bonds. The van der Waals surface area contributed by atoms with Crippen molar-refractivity contribution in [2.45, 2.75) is 309 Å². The quantitative estimate of drug-likeness (QED) is 0.0352. The number of nitrogens with two attached hydrogens (primary N) is 1. The van der Waals surface area contributed by atoms with Gasteiger partial charge in [0.2, 0.25) is 0 Å². The van der Waals surface area contributed by atoms with Gasteiger partial charge in [-0.05, 0) is 12.8 Å². The van der Waals surface area contributed by atoms with Crippen molar-refractivity contribution in [2.24, 2.45) is 5.73 Å². The molecule has 378 valence electrons. The maximum Gasteiger partial charge on any atom is 0.472 e. The third-order valence-electron chi connectivity index (χ3n) is 12.8. The summed E-state index contributed by atoms with van der Waals surface area (Å²) in [5.74, 6) is -0.319. The third kappa shape index (κ3) is 52.3. The number of phosphoric ester groups is 1. The van der Waals surface area contributed by atoms with E-state index in [2.05, 4.69) is 13.8 Å². The molecule has 1 unspecified atom stereocenters. The van der Waals surface area contributed by atoms with E-state index in [0.29, 0.717) is 13.0 Å². The van der Waals surface area contributed by atoms with Crippen molar-refractivity contribution in [3.05, 3.63) is 0 Å². The molecular formula is C54H110NO7P. The molecule has 0 aliphatic heterocycles.